The number of alkyl halides is 2. The molecule has 0 aliphatic rings. The van der Waals surface area contributed by atoms with Gasteiger partial charge in [0.15, 0.2) is 0 Å². The van der Waals surface area contributed by atoms with Gasteiger partial charge >= 0.3 is 5.97 Å². The average Bonchev–Trinajstić information content (AvgIpc) is 2.27. The summed E-state index contributed by atoms with van der Waals surface area (Å²) in [5.41, 5.74) is 5.55. The minimum atomic E-state index is -2.78. The quantitative estimate of drug-likeness (QED) is 0.800. The number of ether oxygens (including phenoxy) is 1. The zero-order chi connectivity index (χ0) is 12.3. The van der Waals surface area contributed by atoms with Crippen LogP contribution in [0.4, 0.5) is 8.78 Å². The van der Waals surface area contributed by atoms with Crippen LogP contribution in [0.25, 0.3) is 0 Å². The van der Waals surface area contributed by atoms with Gasteiger partial charge < -0.3 is 10.5 Å². The van der Waals surface area contributed by atoms with E-state index in [0.717, 1.165) is 13.3 Å². The second-order valence-corrected chi connectivity index (χ2v) is 3.15. The molecule has 0 atom stereocenters. The summed E-state index contributed by atoms with van der Waals surface area (Å²) in [6, 6.07) is 0. The van der Waals surface area contributed by atoms with Gasteiger partial charge in [-0.05, 0) is 6.92 Å². The Morgan fingerprint density at radius 2 is 2.25 bits per heavy atom. The fourth-order valence-corrected chi connectivity index (χ4v) is 1.42. The summed E-state index contributed by atoms with van der Waals surface area (Å²) < 4.78 is 29.8. The molecule has 88 valence electrons. The van der Waals surface area contributed by atoms with E-state index in [1.807, 2.05) is 0 Å². The summed E-state index contributed by atoms with van der Waals surface area (Å²) in [6.07, 6.45) is -1.81. The van der Waals surface area contributed by atoms with Crippen LogP contribution < -0.4 is 5.73 Å². The molecule has 1 heterocycles. The van der Waals surface area contributed by atoms with Crippen LogP contribution in [-0.4, -0.2) is 18.1 Å². The fraction of sp³-hybridized carbons (Fsp3) is 0.400. The van der Waals surface area contributed by atoms with Gasteiger partial charge in [-0.2, -0.15) is 0 Å². The molecule has 0 amide bonds. The van der Waals surface area contributed by atoms with Crippen LogP contribution in [0, 0.1) is 6.92 Å². The molecule has 0 fully saturated rings. The molecule has 0 aliphatic heterocycles. The molecule has 4 nitrogen and oxygen atoms in total. The maximum atomic E-state index is 12.7. The predicted octanol–water partition coefficient (Wildman–Crippen LogP) is 1.57. The Hall–Kier alpha value is -1.56. The highest BCUT2D eigenvalue weighted by atomic mass is 19.3. The van der Waals surface area contributed by atoms with Gasteiger partial charge in [-0.3, -0.25) is 4.98 Å². The van der Waals surface area contributed by atoms with Gasteiger partial charge in [0.25, 0.3) is 6.43 Å². The molecule has 1 aromatic rings. The highest BCUT2D eigenvalue weighted by Gasteiger charge is 2.24. The van der Waals surface area contributed by atoms with E-state index in [0.29, 0.717) is 11.3 Å². The van der Waals surface area contributed by atoms with Crippen molar-refractivity contribution in [2.75, 3.05) is 7.11 Å². The molecule has 0 spiro atoms. The molecule has 0 saturated carbocycles. The highest BCUT2D eigenvalue weighted by molar-refractivity contribution is 5.93. The Bertz CT molecular complexity index is 408. The predicted molar refractivity (Wildman–Crippen MR) is 53.2 cm³/mol. The van der Waals surface area contributed by atoms with Crippen molar-refractivity contribution in [3.63, 3.8) is 0 Å². The van der Waals surface area contributed by atoms with E-state index in [1.165, 1.54) is 0 Å². The van der Waals surface area contributed by atoms with Crippen molar-refractivity contribution >= 4 is 5.97 Å². The van der Waals surface area contributed by atoms with Crippen LogP contribution in [0.1, 0.15) is 33.6 Å². The maximum absolute atomic E-state index is 12.7. The van der Waals surface area contributed by atoms with Crippen molar-refractivity contribution < 1.29 is 18.3 Å². The number of aromatic nitrogens is 1. The molecule has 2 N–H and O–H groups in total. The second kappa shape index (κ2) is 4.98. The molecule has 0 aliphatic carbocycles. The monoisotopic (exact) mass is 230 g/mol. The minimum absolute atomic E-state index is 0.0379. The third-order valence-electron chi connectivity index (χ3n) is 2.25. The zero-order valence-electron chi connectivity index (χ0n) is 8.96. The second-order valence-electron chi connectivity index (χ2n) is 3.15. The minimum Gasteiger partial charge on any atom is -0.465 e. The SMILES string of the molecule is COC(=O)c1c(C(F)F)cnc(C)c1CN. The molecule has 0 radical (unpaired) electrons. The van der Waals surface area contributed by atoms with Crippen LogP contribution >= 0.6 is 0 Å². The van der Waals surface area contributed by atoms with Crippen LogP contribution in [0.2, 0.25) is 0 Å². The maximum Gasteiger partial charge on any atom is 0.338 e. The van der Waals surface area contributed by atoms with Crippen molar-refractivity contribution in [2.24, 2.45) is 5.73 Å². The number of hydrogen-bond acceptors (Lipinski definition) is 4. The summed E-state index contributed by atoms with van der Waals surface area (Å²) in [5, 5.41) is 0. The summed E-state index contributed by atoms with van der Waals surface area (Å²) >= 11 is 0. The summed E-state index contributed by atoms with van der Waals surface area (Å²) in [6.45, 7) is 1.56. The Morgan fingerprint density at radius 1 is 1.62 bits per heavy atom. The van der Waals surface area contributed by atoms with Gasteiger partial charge in [0.05, 0.1) is 18.2 Å². The zero-order valence-corrected chi connectivity index (χ0v) is 8.96. The number of nitrogens with zero attached hydrogens (tertiary/aromatic N) is 1. The van der Waals surface area contributed by atoms with Gasteiger partial charge in [-0.15, -0.1) is 0 Å². The largest absolute Gasteiger partial charge is 0.465 e. The van der Waals surface area contributed by atoms with E-state index in [-0.39, 0.29) is 12.1 Å². The van der Waals surface area contributed by atoms with Crippen molar-refractivity contribution in [1.29, 1.82) is 0 Å². The smallest absolute Gasteiger partial charge is 0.338 e. The standard InChI is InChI=1S/C10H12F2N2O2/c1-5-6(3-13)8(10(15)16-2)7(4-14-5)9(11)12/h4,9H,3,13H2,1-2H3. The molecule has 0 aromatic carbocycles. The lowest BCUT2D eigenvalue weighted by molar-refractivity contribution is 0.0587. The number of pyridine rings is 1. The number of methoxy groups -OCH3 is 1. The summed E-state index contributed by atoms with van der Waals surface area (Å²) in [7, 11) is 1.13. The lowest BCUT2D eigenvalue weighted by Crippen LogP contribution is -2.15. The summed E-state index contributed by atoms with van der Waals surface area (Å²) in [5.74, 6) is -0.818. The number of aryl methyl sites for hydroxylation is 1. The number of nitrogens with two attached hydrogens (primary N) is 1. The highest BCUT2D eigenvalue weighted by Crippen LogP contribution is 2.26. The lowest BCUT2D eigenvalue weighted by atomic mass is 10.0. The van der Waals surface area contributed by atoms with Crippen LogP contribution in [0.5, 0.6) is 0 Å². The first-order valence-corrected chi connectivity index (χ1v) is 4.57. The van der Waals surface area contributed by atoms with E-state index >= 15 is 0 Å². The fourth-order valence-electron chi connectivity index (χ4n) is 1.42. The number of esters is 1. The number of halogens is 2. The first-order chi connectivity index (χ1) is 7.52. The Kier molecular flexibility index (Phi) is 3.89. The normalized spacial score (nSPS) is 10.6. The first kappa shape index (κ1) is 12.5. The molecule has 1 aromatic heterocycles. The van der Waals surface area contributed by atoms with Crippen molar-refractivity contribution in [2.45, 2.75) is 19.9 Å². The van der Waals surface area contributed by atoms with Gasteiger partial charge in [0.1, 0.15) is 0 Å². The third-order valence-corrected chi connectivity index (χ3v) is 2.25. The third kappa shape index (κ3) is 2.16. The van der Waals surface area contributed by atoms with E-state index in [2.05, 4.69) is 9.72 Å². The van der Waals surface area contributed by atoms with E-state index in [4.69, 9.17) is 5.73 Å². The molecule has 0 unspecified atom stereocenters. The van der Waals surface area contributed by atoms with Crippen molar-refractivity contribution in [3.8, 4) is 0 Å². The number of carbonyl (C=O) groups is 1. The lowest BCUT2D eigenvalue weighted by Gasteiger charge is -2.13. The Labute approximate surface area is 91.4 Å². The van der Waals surface area contributed by atoms with Gasteiger partial charge in [-0.1, -0.05) is 0 Å². The molecular weight excluding hydrogens is 218 g/mol. The molecule has 0 bridgehead atoms. The van der Waals surface area contributed by atoms with Gasteiger partial charge in [-0.25, -0.2) is 13.6 Å². The van der Waals surface area contributed by atoms with Crippen LogP contribution in [0.3, 0.4) is 0 Å². The van der Waals surface area contributed by atoms with Gasteiger partial charge in [0, 0.05) is 24.0 Å². The first-order valence-electron chi connectivity index (χ1n) is 4.57. The van der Waals surface area contributed by atoms with Crippen molar-refractivity contribution in [3.05, 3.63) is 28.6 Å². The summed E-state index contributed by atoms with van der Waals surface area (Å²) in [4.78, 5) is 15.2. The molecular formula is C10H12F2N2O2. The van der Waals surface area contributed by atoms with Gasteiger partial charge in [0.2, 0.25) is 0 Å². The van der Waals surface area contributed by atoms with E-state index in [1.54, 1.807) is 6.92 Å². The Balaban J connectivity index is 3.47. The van der Waals surface area contributed by atoms with E-state index < -0.39 is 18.0 Å². The van der Waals surface area contributed by atoms with Crippen molar-refractivity contribution in [1.82, 2.24) is 4.98 Å². The average molecular weight is 230 g/mol. The number of hydrogen-bond donors (Lipinski definition) is 1. The molecule has 6 heteroatoms. The Morgan fingerprint density at radius 3 is 2.69 bits per heavy atom. The topological polar surface area (TPSA) is 65.2 Å². The van der Waals surface area contributed by atoms with E-state index in [9.17, 15) is 13.6 Å². The molecule has 16 heavy (non-hydrogen) atoms. The molecule has 0 saturated heterocycles. The number of carbonyl (C=O) groups excluding carboxylic acids is 1. The number of rotatable bonds is 3. The molecule has 1 rings (SSSR count). The van der Waals surface area contributed by atoms with Crippen LogP contribution in [0.15, 0.2) is 6.20 Å². The van der Waals surface area contributed by atoms with Crippen LogP contribution in [-0.2, 0) is 11.3 Å².